The van der Waals surface area contributed by atoms with Crippen molar-refractivity contribution in [1.29, 1.82) is 0 Å². The molecule has 144 valence electrons. The van der Waals surface area contributed by atoms with E-state index in [1.165, 1.54) is 0 Å². The van der Waals surface area contributed by atoms with Crippen LogP contribution >= 0.6 is 0 Å². The van der Waals surface area contributed by atoms with Crippen molar-refractivity contribution in [3.05, 3.63) is 0 Å². The van der Waals surface area contributed by atoms with Crippen molar-refractivity contribution in [1.82, 2.24) is 15.5 Å². The van der Waals surface area contributed by atoms with Gasteiger partial charge < -0.3 is 15.5 Å². The molecule has 0 radical (unpaired) electrons. The molecule has 2 heterocycles. The molecule has 2 rings (SSSR count). The summed E-state index contributed by atoms with van der Waals surface area (Å²) in [4.78, 5) is 24.2. The van der Waals surface area contributed by atoms with Crippen molar-refractivity contribution >= 4 is 11.8 Å². The van der Waals surface area contributed by atoms with Gasteiger partial charge in [-0.15, -0.1) is 0 Å². The Morgan fingerprint density at radius 3 is 2.32 bits per heavy atom. The topological polar surface area (TPSA) is 61.4 Å². The summed E-state index contributed by atoms with van der Waals surface area (Å²) in [5, 5.41) is 6.23. The molecule has 0 aromatic carbocycles. The minimum absolute atomic E-state index is 0.0137. The van der Waals surface area contributed by atoms with Crippen LogP contribution in [-0.2, 0) is 9.59 Å². The summed E-state index contributed by atoms with van der Waals surface area (Å²) in [5.74, 6) is -0.696. The van der Waals surface area contributed by atoms with Gasteiger partial charge in [0.2, 0.25) is 5.91 Å². The fraction of sp³-hybridized carbons (Fsp3) is 0.882. The molecule has 0 bridgehead atoms. The van der Waals surface area contributed by atoms with Crippen molar-refractivity contribution in [2.24, 2.45) is 17.8 Å². The van der Waals surface area contributed by atoms with Crippen molar-refractivity contribution in [2.75, 3.05) is 32.7 Å². The van der Waals surface area contributed by atoms with Gasteiger partial charge >= 0.3 is 12.1 Å². The lowest BCUT2D eigenvalue weighted by atomic mass is 9.84. The van der Waals surface area contributed by atoms with Gasteiger partial charge in [0.05, 0.1) is 0 Å². The first kappa shape index (κ1) is 20.0. The number of halogens is 3. The van der Waals surface area contributed by atoms with E-state index in [-0.39, 0.29) is 24.9 Å². The molecular weight excluding hydrogens is 335 g/mol. The van der Waals surface area contributed by atoms with Gasteiger partial charge in [0.15, 0.2) is 0 Å². The quantitative estimate of drug-likeness (QED) is 0.785. The van der Waals surface area contributed by atoms with Gasteiger partial charge in [0.1, 0.15) is 0 Å². The van der Waals surface area contributed by atoms with Gasteiger partial charge in [0.25, 0.3) is 0 Å². The number of rotatable bonds is 5. The largest absolute Gasteiger partial charge is 0.471 e. The maximum absolute atomic E-state index is 12.4. The van der Waals surface area contributed by atoms with Crippen LogP contribution in [0.1, 0.15) is 39.0 Å². The van der Waals surface area contributed by atoms with Gasteiger partial charge in [0, 0.05) is 26.1 Å². The first-order valence-electron chi connectivity index (χ1n) is 9.11. The Morgan fingerprint density at radius 2 is 1.76 bits per heavy atom. The van der Waals surface area contributed by atoms with E-state index >= 15 is 0 Å². The van der Waals surface area contributed by atoms with E-state index in [2.05, 4.69) is 17.6 Å². The van der Waals surface area contributed by atoms with Crippen LogP contribution in [0, 0.1) is 17.8 Å². The Labute approximate surface area is 146 Å². The molecule has 2 saturated heterocycles. The fourth-order valence-corrected chi connectivity index (χ4v) is 3.72. The second-order valence-electron chi connectivity index (χ2n) is 7.31. The molecule has 2 N–H and O–H groups in total. The summed E-state index contributed by atoms with van der Waals surface area (Å²) in [7, 11) is 0. The van der Waals surface area contributed by atoms with E-state index in [0.29, 0.717) is 37.6 Å². The van der Waals surface area contributed by atoms with Crippen molar-refractivity contribution in [3.8, 4) is 0 Å². The maximum atomic E-state index is 12.4. The molecule has 1 atom stereocenters. The summed E-state index contributed by atoms with van der Waals surface area (Å²) in [6.45, 7) is 4.80. The second-order valence-corrected chi connectivity index (χ2v) is 7.31. The monoisotopic (exact) mass is 363 g/mol. The van der Waals surface area contributed by atoms with Crippen LogP contribution in [0.25, 0.3) is 0 Å². The van der Waals surface area contributed by atoms with Crippen LogP contribution in [-0.4, -0.2) is 55.6 Å². The maximum Gasteiger partial charge on any atom is 0.471 e. The third kappa shape index (κ3) is 6.17. The molecule has 2 amide bonds. The third-order valence-electron chi connectivity index (χ3n) is 5.43. The Balaban J connectivity index is 1.65. The predicted octanol–water partition coefficient (Wildman–Crippen LogP) is 1.93. The third-order valence-corrected chi connectivity index (χ3v) is 5.43. The number of carbonyl (C=O) groups is 2. The fourth-order valence-electron chi connectivity index (χ4n) is 3.72. The summed E-state index contributed by atoms with van der Waals surface area (Å²) >= 11 is 0. The normalized spacial score (nSPS) is 21.8. The van der Waals surface area contributed by atoms with Crippen molar-refractivity contribution in [2.45, 2.75) is 45.2 Å². The number of likely N-dealkylation sites (tertiary alicyclic amines) is 1. The van der Waals surface area contributed by atoms with Crippen LogP contribution in [0.2, 0.25) is 0 Å². The van der Waals surface area contributed by atoms with Gasteiger partial charge in [-0.1, -0.05) is 6.92 Å². The van der Waals surface area contributed by atoms with Crippen LogP contribution in [0.5, 0.6) is 0 Å². The number of amides is 2. The lowest BCUT2D eigenvalue weighted by Gasteiger charge is -2.32. The number of hydrogen-bond acceptors (Lipinski definition) is 3. The van der Waals surface area contributed by atoms with E-state index in [9.17, 15) is 22.8 Å². The lowest BCUT2D eigenvalue weighted by Crippen LogP contribution is -2.46. The van der Waals surface area contributed by atoms with Gasteiger partial charge in [-0.05, 0) is 56.5 Å². The highest BCUT2D eigenvalue weighted by molar-refractivity contribution is 5.81. The van der Waals surface area contributed by atoms with Crippen molar-refractivity contribution < 1.29 is 22.8 Å². The van der Waals surface area contributed by atoms with E-state index in [1.54, 1.807) is 0 Å². The number of nitrogens with zero attached hydrogens (tertiary/aromatic N) is 1. The molecular formula is C17H28F3N3O2. The Hall–Kier alpha value is -1.31. The van der Waals surface area contributed by atoms with Gasteiger partial charge in [-0.3, -0.25) is 9.59 Å². The van der Waals surface area contributed by atoms with E-state index in [4.69, 9.17) is 0 Å². The molecule has 0 aliphatic carbocycles. The molecule has 8 heteroatoms. The number of alkyl halides is 3. The average Bonchev–Trinajstić information content (AvgIpc) is 2.59. The summed E-state index contributed by atoms with van der Waals surface area (Å²) in [6, 6.07) is 0. The molecule has 0 spiro atoms. The zero-order valence-electron chi connectivity index (χ0n) is 14.7. The van der Waals surface area contributed by atoms with E-state index < -0.39 is 12.1 Å². The molecule has 2 aliphatic rings. The number of nitrogens with one attached hydrogen (secondary N) is 2. The highest BCUT2D eigenvalue weighted by Crippen LogP contribution is 2.25. The number of piperidine rings is 2. The lowest BCUT2D eigenvalue weighted by molar-refractivity contribution is -0.186. The van der Waals surface area contributed by atoms with E-state index in [1.807, 2.05) is 0 Å². The molecule has 25 heavy (non-hydrogen) atoms. The molecule has 0 aromatic heterocycles. The standard InChI is InChI=1S/C17H28F3N3O2/c1-12(14-2-6-21-7-3-14)10-15(24)22-11-13-4-8-23(9-5-13)16(25)17(18,19)20/h12-14,21H,2-11H2,1H3,(H,22,24). The van der Waals surface area contributed by atoms with Crippen LogP contribution in [0.15, 0.2) is 0 Å². The predicted molar refractivity (Wildman–Crippen MR) is 87.7 cm³/mol. The Morgan fingerprint density at radius 1 is 1.16 bits per heavy atom. The summed E-state index contributed by atoms with van der Waals surface area (Å²) in [6.07, 6.45) is -1.12. The van der Waals surface area contributed by atoms with Crippen LogP contribution in [0.3, 0.4) is 0 Å². The van der Waals surface area contributed by atoms with E-state index in [0.717, 1.165) is 30.8 Å². The first-order chi connectivity index (χ1) is 11.8. The van der Waals surface area contributed by atoms with Crippen LogP contribution < -0.4 is 10.6 Å². The van der Waals surface area contributed by atoms with Crippen molar-refractivity contribution in [3.63, 3.8) is 0 Å². The highest BCUT2D eigenvalue weighted by atomic mass is 19.4. The summed E-state index contributed by atoms with van der Waals surface area (Å²) in [5.41, 5.74) is 0. The number of hydrogen-bond donors (Lipinski definition) is 2. The second kappa shape index (κ2) is 8.87. The van der Waals surface area contributed by atoms with Crippen LogP contribution in [0.4, 0.5) is 13.2 Å². The molecule has 0 saturated carbocycles. The minimum atomic E-state index is -4.80. The minimum Gasteiger partial charge on any atom is -0.356 e. The van der Waals surface area contributed by atoms with Gasteiger partial charge in [-0.25, -0.2) is 0 Å². The smallest absolute Gasteiger partial charge is 0.356 e. The Kier molecular flexibility index (Phi) is 7.10. The molecule has 2 fully saturated rings. The molecule has 0 aromatic rings. The SMILES string of the molecule is CC(CC(=O)NCC1CCN(C(=O)C(F)(F)F)CC1)C1CCNCC1. The van der Waals surface area contributed by atoms with Gasteiger partial charge in [-0.2, -0.15) is 13.2 Å². The average molecular weight is 363 g/mol. The zero-order chi connectivity index (χ0) is 18.4. The molecule has 5 nitrogen and oxygen atoms in total. The zero-order valence-corrected chi connectivity index (χ0v) is 14.7. The highest BCUT2D eigenvalue weighted by Gasteiger charge is 2.43. The first-order valence-corrected chi connectivity index (χ1v) is 9.11. The summed E-state index contributed by atoms with van der Waals surface area (Å²) < 4.78 is 37.2. The molecule has 1 unspecified atom stereocenters. The Bertz CT molecular complexity index is 457. The number of carbonyl (C=O) groups excluding carboxylic acids is 2. The molecule has 2 aliphatic heterocycles.